The number of Topliss-reactive ketones (excluding diaryl/α,β-unsaturated/α-hetero) is 3. The Balaban J connectivity index is 1.72. The summed E-state index contributed by atoms with van der Waals surface area (Å²) in [5.41, 5.74) is -2.05. The molecule has 4 heteroatoms. The van der Waals surface area contributed by atoms with Crippen LogP contribution in [0.15, 0.2) is 0 Å². The first-order valence-electron chi connectivity index (χ1n) is 9.91. The number of ketones is 3. The Bertz CT molecular complexity index is 654. The molecule has 0 amide bonds. The van der Waals surface area contributed by atoms with Gasteiger partial charge in [0.05, 0.1) is 0 Å². The smallest absolute Gasteiger partial charge is 0.161 e. The van der Waals surface area contributed by atoms with Crippen molar-refractivity contribution in [1.29, 1.82) is 0 Å². The molecule has 7 atom stereocenters. The Morgan fingerprint density at radius 1 is 1.12 bits per heavy atom. The van der Waals surface area contributed by atoms with Crippen molar-refractivity contribution in [3.8, 4) is 0 Å². The summed E-state index contributed by atoms with van der Waals surface area (Å²) in [4.78, 5) is 37.5. The Labute approximate surface area is 149 Å². The summed E-state index contributed by atoms with van der Waals surface area (Å²) < 4.78 is 0. The first-order chi connectivity index (χ1) is 11.6. The Kier molecular flexibility index (Phi) is 3.65. The Morgan fingerprint density at radius 3 is 2.52 bits per heavy atom. The normalized spacial score (nSPS) is 52.3. The van der Waals surface area contributed by atoms with Crippen LogP contribution < -0.4 is 0 Å². The van der Waals surface area contributed by atoms with Crippen LogP contribution in [0.4, 0.5) is 0 Å². The quantitative estimate of drug-likeness (QED) is 0.792. The second-order valence-corrected chi connectivity index (χ2v) is 9.79. The number of carbonyl (C=O) groups excluding carboxylic acids is 3. The standard InChI is InChI=1S/C21H30O4/c1-12(22)21(25)9-7-16-15-5-4-13-10-14(23)6-8-19(13,2)18(15)17(24)11-20(16,21)3/h13,15-16,18,25H,4-11H2,1-3H3/t13-,15-,16+,18-,19-,20+,21-/m0/s1. The van der Waals surface area contributed by atoms with Gasteiger partial charge < -0.3 is 5.11 Å². The molecule has 4 rings (SSSR count). The van der Waals surface area contributed by atoms with E-state index < -0.39 is 11.0 Å². The number of rotatable bonds is 1. The van der Waals surface area contributed by atoms with Crippen LogP contribution in [0.2, 0.25) is 0 Å². The highest BCUT2D eigenvalue weighted by molar-refractivity contribution is 5.90. The topological polar surface area (TPSA) is 71.4 Å². The third kappa shape index (κ3) is 2.06. The highest BCUT2D eigenvalue weighted by Crippen LogP contribution is 2.67. The van der Waals surface area contributed by atoms with Gasteiger partial charge in [-0.25, -0.2) is 0 Å². The van der Waals surface area contributed by atoms with E-state index >= 15 is 0 Å². The van der Waals surface area contributed by atoms with Crippen LogP contribution in [0.5, 0.6) is 0 Å². The lowest BCUT2D eigenvalue weighted by molar-refractivity contribution is -0.176. The summed E-state index contributed by atoms with van der Waals surface area (Å²) in [6, 6.07) is 0. The van der Waals surface area contributed by atoms with Gasteiger partial charge in [-0.2, -0.15) is 0 Å². The summed E-state index contributed by atoms with van der Waals surface area (Å²) in [7, 11) is 0. The van der Waals surface area contributed by atoms with Crippen molar-refractivity contribution in [2.45, 2.75) is 77.7 Å². The van der Waals surface area contributed by atoms with Gasteiger partial charge in [-0.15, -0.1) is 0 Å². The molecule has 0 aromatic carbocycles. The maximum Gasteiger partial charge on any atom is 0.161 e. The maximum atomic E-state index is 13.3. The highest BCUT2D eigenvalue weighted by Gasteiger charge is 2.68. The molecule has 0 aromatic heterocycles. The zero-order chi connectivity index (χ0) is 18.2. The number of fused-ring (bicyclic) bond motifs is 5. The molecule has 0 bridgehead atoms. The average molecular weight is 346 g/mol. The van der Waals surface area contributed by atoms with E-state index in [-0.39, 0.29) is 34.7 Å². The van der Waals surface area contributed by atoms with Gasteiger partial charge in [0.25, 0.3) is 0 Å². The molecule has 4 saturated carbocycles. The van der Waals surface area contributed by atoms with Gasteiger partial charge in [0.1, 0.15) is 17.2 Å². The predicted molar refractivity (Wildman–Crippen MR) is 92.8 cm³/mol. The van der Waals surface area contributed by atoms with Gasteiger partial charge in [-0.3, -0.25) is 14.4 Å². The fraction of sp³-hybridized carbons (Fsp3) is 0.857. The molecule has 1 N–H and O–H groups in total. The molecule has 0 aromatic rings. The fourth-order valence-electron chi connectivity index (χ4n) is 7.44. The van der Waals surface area contributed by atoms with Crippen molar-refractivity contribution in [3.05, 3.63) is 0 Å². The van der Waals surface area contributed by atoms with Gasteiger partial charge in [0.15, 0.2) is 5.78 Å². The SMILES string of the molecule is CC(=O)[C@@]1(O)CC[C@@H]2[C@@H]3CC[C@H]4CC(=O)CC[C@]4(C)[C@@H]3C(=O)C[C@]21C. The second kappa shape index (κ2) is 5.25. The summed E-state index contributed by atoms with van der Waals surface area (Å²) in [6.07, 6.45) is 5.64. The van der Waals surface area contributed by atoms with Crippen molar-refractivity contribution in [2.75, 3.05) is 0 Å². The number of aliphatic hydroxyl groups is 1. The van der Waals surface area contributed by atoms with E-state index in [2.05, 4.69) is 6.92 Å². The van der Waals surface area contributed by atoms with E-state index in [1.54, 1.807) is 0 Å². The number of carbonyl (C=O) groups is 3. The van der Waals surface area contributed by atoms with Crippen LogP contribution in [0.1, 0.15) is 72.1 Å². The Morgan fingerprint density at radius 2 is 1.84 bits per heavy atom. The van der Waals surface area contributed by atoms with E-state index in [1.807, 2.05) is 6.92 Å². The Hall–Kier alpha value is -1.03. The van der Waals surface area contributed by atoms with Crippen LogP contribution in [-0.2, 0) is 14.4 Å². The fourth-order valence-corrected chi connectivity index (χ4v) is 7.44. The minimum atomic E-state index is -1.35. The first-order valence-corrected chi connectivity index (χ1v) is 9.91. The molecule has 4 aliphatic carbocycles. The van der Waals surface area contributed by atoms with Crippen molar-refractivity contribution in [3.63, 3.8) is 0 Å². The average Bonchev–Trinajstić information content (AvgIpc) is 2.80. The van der Waals surface area contributed by atoms with E-state index in [4.69, 9.17) is 0 Å². The molecule has 0 heterocycles. The molecular weight excluding hydrogens is 316 g/mol. The molecule has 0 saturated heterocycles. The van der Waals surface area contributed by atoms with E-state index in [0.717, 1.165) is 25.7 Å². The van der Waals surface area contributed by atoms with E-state index in [1.165, 1.54) is 6.92 Å². The molecule has 0 aliphatic heterocycles. The van der Waals surface area contributed by atoms with Gasteiger partial charge in [-0.05, 0) is 62.2 Å². The van der Waals surface area contributed by atoms with Crippen molar-refractivity contribution in [2.24, 2.45) is 34.5 Å². The molecule has 0 unspecified atom stereocenters. The molecule has 0 radical (unpaired) electrons. The lowest BCUT2D eigenvalue weighted by Gasteiger charge is -2.59. The molecule has 4 nitrogen and oxygen atoms in total. The number of hydrogen-bond donors (Lipinski definition) is 1. The third-order valence-corrected chi connectivity index (χ3v) is 8.90. The van der Waals surface area contributed by atoms with Gasteiger partial charge in [-0.1, -0.05) is 13.8 Å². The van der Waals surface area contributed by atoms with Gasteiger partial charge in [0.2, 0.25) is 0 Å². The molecule has 4 fully saturated rings. The molecule has 0 spiro atoms. The van der Waals surface area contributed by atoms with Crippen LogP contribution in [0.3, 0.4) is 0 Å². The first kappa shape index (κ1) is 17.4. The van der Waals surface area contributed by atoms with Crippen LogP contribution in [0, 0.1) is 34.5 Å². The van der Waals surface area contributed by atoms with Crippen molar-refractivity contribution in [1.82, 2.24) is 0 Å². The summed E-state index contributed by atoms with van der Waals surface area (Å²) in [5.74, 6) is 1.22. The summed E-state index contributed by atoms with van der Waals surface area (Å²) >= 11 is 0. The van der Waals surface area contributed by atoms with Crippen LogP contribution in [0.25, 0.3) is 0 Å². The van der Waals surface area contributed by atoms with E-state index in [0.29, 0.717) is 37.4 Å². The maximum absolute atomic E-state index is 13.3. The van der Waals surface area contributed by atoms with E-state index in [9.17, 15) is 19.5 Å². The third-order valence-electron chi connectivity index (χ3n) is 8.90. The molecule has 138 valence electrons. The van der Waals surface area contributed by atoms with Crippen molar-refractivity contribution < 1.29 is 19.5 Å². The minimum absolute atomic E-state index is 0.00623. The van der Waals surface area contributed by atoms with Crippen molar-refractivity contribution >= 4 is 17.3 Å². The lowest BCUT2D eigenvalue weighted by Crippen LogP contribution is -2.61. The molecule has 25 heavy (non-hydrogen) atoms. The largest absolute Gasteiger partial charge is 0.381 e. The van der Waals surface area contributed by atoms with Gasteiger partial charge >= 0.3 is 0 Å². The minimum Gasteiger partial charge on any atom is -0.381 e. The zero-order valence-corrected chi connectivity index (χ0v) is 15.6. The summed E-state index contributed by atoms with van der Waals surface area (Å²) in [6.45, 7) is 5.67. The zero-order valence-electron chi connectivity index (χ0n) is 15.6. The predicted octanol–water partition coefficient (Wildman–Crippen LogP) is 3.10. The van der Waals surface area contributed by atoms with Crippen LogP contribution >= 0.6 is 0 Å². The monoisotopic (exact) mass is 346 g/mol. The molecule has 4 aliphatic rings. The highest BCUT2D eigenvalue weighted by atomic mass is 16.3. The van der Waals surface area contributed by atoms with Crippen LogP contribution in [-0.4, -0.2) is 28.1 Å². The lowest BCUT2D eigenvalue weighted by atomic mass is 9.44. The second-order valence-electron chi connectivity index (χ2n) is 9.79. The number of hydrogen-bond acceptors (Lipinski definition) is 4. The summed E-state index contributed by atoms with van der Waals surface area (Å²) in [5, 5.41) is 11.1. The van der Waals surface area contributed by atoms with Gasteiger partial charge in [0, 0.05) is 30.6 Å². The molecular formula is C21H30O4.